The van der Waals surface area contributed by atoms with E-state index in [0.29, 0.717) is 12.1 Å². The second-order valence-electron chi connectivity index (χ2n) is 4.36. The van der Waals surface area contributed by atoms with Gasteiger partial charge in [0.25, 0.3) is 0 Å². The Hall–Kier alpha value is -0.540. The van der Waals surface area contributed by atoms with Crippen LogP contribution >= 0.6 is 15.9 Å². The summed E-state index contributed by atoms with van der Waals surface area (Å²) < 4.78 is 7.09. The molecule has 1 N–H and O–H groups in total. The molecule has 0 amide bonds. The summed E-state index contributed by atoms with van der Waals surface area (Å²) in [4.78, 5) is 0. The van der Waals surface area contributed by atoms with Crippen LogP contribution in [0.25, 0.3) is 0 Å². The molecular weight excluding hydrogens is 266 g/mol. The summed E-state index contributed by atoms with van der Waals surface area (Å²) in [7, 11) is 1.97. The highest BCUT2D eigenvalue weighted by Gasteiger charge is 2.21. The van der Waals surface area contributed by atoms with E-state index >= 15 is 0 Å². The molecule has 0 aliphatic heterocycles. The highest BCUT2D eigenvalue weighted by Crippen LogP contribution is 2.32. The zero-order valence-electron chi connectivity index (χ0n) is 9.79. The van der Waals surface area contributed by atoms with Crippen molar-refractivity contribution in [2.75, 3.05) is 7.05 Å². The van der Waals surface area contributed by atoms with E-state index < -0.39 is 0 Å². The quantitative estimate of drug-likeness (QED) is 0.911. The molecule has 1 aliphatic rings. The summed E-state index contributed by atoms with van der Waals surface area (Å²) in [5.74, 6) is 1.01. The molecule has 2 rings (SSSR count). The molecule has 1 aromatic rings. The highest BCUT2D eigenvalue weighted by molar-refractivity contribution is 9.10. The smallest absolute Gasteiger partial charge is 0.125 e. The molecular formula is C13H18BrNO. The van der Waals surface area contributed by atoms with E-state index in [9.17, 15) is 0 Å². The summed E-state index contributed by atoms with van der Waals surface area (Å²) in [5, 5.41) is 3.26. The first-order valence-corrected chi connectivity index (χ1v) is 6.63. The lowest BCUT2D eigenvalue weighted by atomic mass is 9.96. The van der Waals surface area contributed by atoms with E-state index in [1.54, 1.807) is 0 Å². The van der Waals surface area contributed by atoms with Crippen molar-refractivity contribution in [2.24, 2.45) is 0 Å². The lowest BCUT2D eigenvalue weighted by Gasteiger charge is -2.28. The van der Waals surface area contributed by atoms with Gasteiger partial charge in [-0.2, -0.15) is 0 Å². The highest BCUT2D eigenvalue weighted by atomic mass is 79.9. The molecule has 1 aliphatic carbocycles. The number of hydrogen-bond donors (Lipinski definition) is 1. The predicted octanol–water partition coefficient (Wildman–Crippen LogP) is 3.66. The molecule has 1 fully saturated rings. The fraction of sp³-hybridized carbons (Fsp3) is 0.538. The summed E-state index contributed by atoms with van der Waals surface area (Å²) in [6, 6.07) is 6.58. The average molecular weight is 284 g/mol. The number of rotatable bonds is 4. The third kappa shape index (κ3) is 2.58. The largest absolute Gasteiger partial charge is 0.490 e. The van der Waals surface area contributed by atoms with Gasteiger partial charge < -0.3 is 10.1 Å². The van der Waals surface area contributed by atoms with Crippen LogP contribution in [0.15, 0.2) is 22.7 Å². The molecule has 1 saturated carbocycles. The maximum atomic E-state index is 6.02. The predicted molar refractivity (Wildman–Crippen MR) is 69.9 cm³/mol. The molecule has 0 bridgehead atoms. The first-order chi connectivity index (χ1) is 7.70. The van der Waals surface area contributed by atoms with Crippen LogP contribution in [-0.2, 0) is 0 Å². The van der Waals surface area contributed by atoms with E-state index in [2.05, 4.69) is 46.4 Å². The molecule has 3 heteroatoms. The van der Waals surface area contributed by atoms with Crippen molar-refractivity contribution in [3.05, 3.63) is 28.2 Å². The zero-order valence-corrected chi connectivity index (χ0v) is 11.4. The SMILES string of the molecule is CNC(C)c1ccc(Br)cc1OC1CCC1. The van der Waals surface area contributed by atoms with Crippen molar-refractivity contribution in [2.45, 2.75) is 38.3 Å². The summed E-state index contributed by atoms with van der Waals surface area (Å²) in [5.41, 5.74) is 1.23. The monoisotopic (exact) mass is 283 g/mol. The van der Waals surface area contributed by atoms with Crippen molar-refractivity contribution in [3.8, 4) is 5.75 Å². The third-order valence-corrected chi connectivity index (χ3v) is 3.71. The lowest BCUT2D eigenvalue weighted by molar-refractivity contribution is 0.118. The Bertz CT molecular complexity index is 363. The van der Waals surface area contributed by atoms with Gasteiger partial charge in [0.05, 0.1) is 6.10 Å². The molecule has 0 heterocycles. The van der Waals surface area contributed by atoms with Crippen LogP contribution in [0, 0.1) is 0 Å². The molecule has 1 atom stereocenters. The molecule has 0 spiro atoms. The molecule has 2 nitrogen and oxygen atoms in total. The maximum Gasteiger partial charge on any atom is 0.125 e. The minimum absolute atomic E-state index is 0.322. The zero-order chi connectivity index (χ0) is 11.5. The van der Waals surface area contributed by atoms with Gasteiger partial charge in [0, 0.05) is 16.1 Å². The Kier molecular flexibility index (Phi) is 3.87. The maximum absolute atomic E-state index is 6.02. The van der Waals surface area contributed by atoms with Crippen LogP contribution < -0.4 is 10.1 Å². The first kappa shape index (κ1) is 11.9. The van der Waals surface area contributed by atoms with Crippen molar-refractivity contribution in [3.63, 3.8) is 0 Å². The lowest BCUT2D eigenvalue weighted by Crippen LogP contribution is -2.25. The Morgan fingerprint density at radius 3 is 2.75 bits per heavy atom. The van der Waals surface area contributed by atoms with Gasteiger partial charge in [-0.1, -0.05) is 22.0 Å². The van der Waals surface area contributed by atoms with E-state index in [0.717, 1.165) is 10.2 Å². The van der Waals surface area contributed by atoms with Crippen molar-refractivity contribution in [1.29, 1.82) is 0 Å². The Balaban J connectivity index is 2.20. The van der Waals surface area contributed by atoms with Crippen molar-refractivity contribution in [1.82, 2.24) is 5.32 Å². The van der Waals surface area contributed by atoms with Crippen LogP contribution in [-0.4, -0.2) is 13.2 Å². The minimum atomic E-state index is 0.322. The van der Waals surface area contributed by atoms with Gasteiger partial charge in [-0.15, -0.1) is 0 Å². The standard InChI is InChI=1S/C13H18BrNO/c1-9(15-2)12-7-6-10(14)8-13(12)16-11-4-3-5-11/h6-9,11,15H,3-5H2,1-2H3. The molecule has 0 aromatic heterocycles. The van der Waals surface area contributed by atoms with Gasteiger partial charge in [-0.05, 0) is 45.4 Å². The van der Waals surface area contributed by atoms with E-state index in [1.165, 1.54) is 24.8 Å². The van der Waals surface area contributed by atoms with Gasteiger partial charge in [0.15, 0.2) is 0 Å². The van der Waals surface area contributed by atoms with Crippen LogP contribution in [0.4, 0.5) is 0 Å². The van der Waals surface area contributed by atoms with Crippen molar-refractivity contribution < 1.29 is 4.74 Å². The molecule has 88 valence electrons. The Morgan fingerprint density at radius 2 is 2.19 bits per heavy atom. The number of benzene rings is 1. The van der Waals surface area contributed by atoms with Gasteiger partial charge >= 0.3 is 0 Å². The molecule has 0 saturated heterocycles. The average Bonchev–Trinajstić information content (AvgIpc) is 2.22. The molecule has 0 radical (unpaired) electrons. The number of halogens is 1. The number of nitrogens with one attached hydrogen (secondary N) is 1. The molecule has 16 heavy (non-hydrogen) atoms. The van der Waals surface area contributed by atoms with Crippen LogP contribution in [0.3, 0.4) is 0 Å². The minimum Gasteiger partial charge on any atom is -0.490 e. The fourth-order valence-corrected chi connectivity index (χ4v) is 2.13. The van der Waals surface area contributed by atoms with Gasteiger partial charge in [0.2, 0.25) is 0 Å². The van der Waals surface area contributed by atoms with Crippen LogP contribution in [0.5, 0.6) is 5.75 Å². The number of ether oxygens (including phenoxy) is 1. The van der Waals surface area contributed by atoms with E-state index in [1.807, 2.05) is 7.05 Å². The van der Waals surface area contributed by atoms with Crippen LogP contribution in [0.1, 0.15) is 37.8 Å². The summed E-state index contributed by atoms with van der Waals surface area (Å²) >= 11 is 3.50. The first-order valence-electron chi connectivity index (χ1n) is 5.84. The van der Waals surface area contributed by atoms with Crippen LogP contribution in [0.2, 0.25) is 0 Å². The topological polar surface area (TPSA) is 21.3 Å². The summed E-state index contributed by atoms with van der Waals surface area (Å²) in [6.45, 7) is 2.15. The second kappa shape index (κ2) is 5.19. The fourth-order valence-electron chi connectivity index (χ4n) is 1.79. The van der Waals surface area contributed by atoms with Gasteiger partial charge in [0.1, 0.15) is 5.75 Å². The third-order valence-electron chi connectivity index (χ3n) is 3.22. The second-order valence-corrected chi connectivity index (χ2v) is 5.28. The number of hydrogen-bond acceptors (Lipinski definition) is 2. The summed E-state index contributed by atoms with van der Waals surface area (Å²) in [6.07, 6.45) is 4.12. The van der Waals surface area contributed by atoms with E-state index in [-0.39, 0.29) is 0 Å². The molecule has 1 aromatic carbocycles. The Labute approximate surface area is 106 Å². The van der Waals surface area contributed by atoms with E-state index in [4.69, 9.17) is 4.74 Å². The van der Waals surface area contributed by atoms with Gasteiger partial charge in [-0.3, -0.25) is 0 Å². The Morgan fingerprint density at radius 1 is 1.44 bits per heavy atom. The normalized spacial score (nSPS) is 17.9. The molecule has 1 unspecified atom stereocenters. The van der Waals surface area contributed by atoms with Gasteiger partial charge in [-0.25, -0.2) is 0 Å². The van der Waals surface area contributed by atoms with Crippen molar-refractivity contribution >= 4 is 15.9 Å².